The van der Waals surface area contributed by atoms with Gasteiger partial charge in [-0.1, -0.05) is 233 Å². The van der Waals surface area contributed by atoms with E-state index >= 15 is 0 Å². The number of rotatable bonds is 9. The van der Waals surface area contributed by atoms with Gasteiger partial charge in [-0.05, 0) is 136 Å². The second-order valence-electron chi connectivity index (χ2n) is 25.1. The lowest BCUT2D eigenvalue weighted by atomic mass is 9.66. The van der Waals surface area contributed by atoms with Gasteiger partial charge in [-0.15, -0.1) is 0 Å². The van der Waals surface area contributed by atoms with Gasteiger partial charge in [0.1, 0.15) is 16.7 Å². The van der Waals surface area contributed by atoms with E-state index in [1.165, 1.54) is 51.5 Å². The number of nitrogens with zero attached hydrogens (tertiary/aromatic N) is 2. The Hall–Kier alpha value is -8.38. The van der Waals surface area contributed by atoms with Crippen molar-refractivity contribution in [1.82, 2.24) is 0 Å². The number of anilines is 6. The highest BCUT2D eigenvalue weighted by Gasteiger charge is 2.51. The lowest BCUT2D eigenvalue weighted by Crippen LogP contribution is -2.38. The molecule has 1 aliphatic rings. The highest BCUT2D eigenvalue weighted by Crippen LogP contribution is 2.65. The van der Waals surface area contributed by atoms with Crippen LogP contribution >= 0.6 is 0 Å². The molecule has 82 heavy (non-hydrogen) atoms. The molecule has 13 rings (SSSR count). The Kier molecular flexibility index (Phi) is 13.2. The van der Waals surface area contributed by atoms with Gasteiger partial charge < -0.3 is 18.6 Å². The van der Waals surface area contributed by atoms with E-state index in [-0.39, 0.29) is 10.8 Å². The molecule has 0 saturated heterocycles. The average molecular weight is 1100 g/mol. The fraction of sp³-hybridized carbons (Fsp3) is 0.221. The Morgan fingerprint density at radius 3 is 1.41 bits per heavy atom. The van der Waals surface area contributed by atoms with Crippen LogP contribution in [0, 0.1) is 13.8 Å². The lowest BCUT2D eigenvalue weighted by Gasteiger charge is -2.37. The predicted molar refractivity (Wildman–Crippen MR) is 360 cm³/mol. The monoisotopic (exact) mass is 1100 g/mol. The first kappa shape index (κ1) is 51.7. The van der Waals surface area contributed by atoms with Crippen molar-refractivity contribution in [3.8, 4) is 11.1 Å². The van der Waals surface area contributed by atoms with Gasteiger partial charge >= 0.3 is 0 Å². The predicted octanol–water partition coefficient (Wildman–Crippen LogP) is 22.7. The van der Waals surface area contributed by atoms with E-state index in [1.807, 2.05) is 13.8 Å². The molecule has 0 aliphatic heterocycles. The molecule has 0 bridgehead atoms. The summed E-state index contributed by atoms with van der Waals surface area (Å²) in [6.45, 7) is 29.6. The van der Waals surface area contributed by atoms with E-state index in [0.29, 0.717) is 0 Å². The lowest BCUT2D eigenvalue weighted by molar-refractivity contribution is 0.590. The molecule has 1 unspecified atom stereocenters. The third kappa shape index (κ3) is 9.05. The van der Waals surface area contributed by atoms with Crippen LogP contribution < -0.4 is 15.0 Å². The molecule has 4 nitrogen and oxygen atoms in total. The molecule has 2 heterocycles. The van der Waals surface area contributed by atoms with Crippen molar-refractivity contribution in [3.63, 3.8) is 0 Å². The second-order valence-corrected chi connectivity index (χ2v) is 30.1. The van der Waals surface area contributed by atoms with Crippen molar-refractivity contribution in [3.05, 3.63) is 257 Å². The van der Waals surface area contributed by atoms with Gasteiger partial charge in [-0.3, -0.25) is 0 Å². The summed E-state index contributed by atoms with van der Waals surface area (Å²) in [6, 6.07) is 79.2. The second kappa shape index (κ2) is 20.9. The van der Waals surface area contributed by atoms with Crippen molar-refractivity contribution >= 4 is 91.3 Å². The molecule has 0 fully saturated rings. The largest absolute Gasteiger partial charge is 0.455 e. The van der Waals surface area contributed by atoms with Crippen LogP contribution in [-0.4, -0.2) is 8.07 Å². The zero-order valence-electron chi connectivity index (χ0n) is 55.4. The Morgan fingerprint density at radius 2 is 0.902 bits per heavy atom. The fourth-order valence-corrected chi connectivity index (χ4v) is 13.9. The topological polar surface area (TPSA) is 32.8 Å². The quantitative estimate of drug-likeness (QED) is 0.135. The van der Waals surface area contributed by atoms with Gasteiger partial charge in [0, 0.05) is 57.3 Å². The molecule has 1 aliphatic carbocycles. The zero-order chi connectivity index (χ0) is 62.8. The zero-order valence-corrected chi connectivity index (χ0v) is 51.4. The molecule has 0 spiro atoms. The van der Waals surface area contributed by atoms with Gasteiger partial charge in [0.05, 0.1) is 30.2 Å². The van der Waals surface area contributed by atoms with Crippen LogP contribution in [0.3, 0.4) is 0 Å². The molecule has 0 N–H and O–H groups in total. The summed E-state index contributed by atoms with van der Waals surface area (Å²) < 4.78 is 40.7. The summed E-state index contributed by atoms with van der Waals surface area (Å²) in [4.78, 5) is 4.89. The van der Waals surface area contributed by atoms with E-state index in [2.05, 4.69) is 297 Å². The van der Waals surface area contributed by atoms with Crippen molar-refractivity contribution in [2.45, 2.75) is 113 Å². The van der Waals surface area contributed by atoms with Crippen LogP contribution in [0.1, 0.15) is 115 Å². The van der Waals surface area contributed by atoms with Crippen molar-refractivity contribution in [2.24, 2.45) is 0 Å². The Morgan fingerprint density at radius 1 is 0.463 bits per heavy atom. The summed E-state index contributed by atoms with van der Waals surface area (Å²) in [6.07, 6.45) is 0. The van der Waals surface area contributed by atoms with Crippen molar-refractivity contribution in [1.29, 1.82) is 0 Å². The molecule has 416 valence electrons. The van der Waals surface area contributed by atoms with E-state index in [4.69, 9.17) is 16.1 Å². The van der Waals surface area contributed by atoms with Gasteiger partial charge in [0.2, 0.25) is 0 Å². The third-order valence-electron chi connectivity index (χ3n) is 16.8. The summed E-state index contributed by atoms with van der Waals surface area (Å²) in [5, 5.41) is 5.66. The van der Waals surface area contributed by atoms with E-state index < -0.39 is 13.5 Å². The molecular formula is C77H82N2O2Si. The van der Waals surface area contributed by atoms with Crippen LogP contribution in [-0.2, 0) is 16.2 Å². The first-order chi connectivity index (χ1) is 41.9. The molecule has 2 aromatic heterocycles. The van der Waals surface area contributed by atoms with Crippen LogP contribution in [0.2, 0.25) is 19.6 Å². The maximum atomic E-state index is 7.59. The molecule has 12 aromatic rings. The molecular weight excluding hydrogens is 1010 g/mol. The number of benzene rings is 10. The van der Waals surface area contributed by atoms with Crippen molar-refractivity contribution in [2.75, 3.05) is 9.80 Å². The molecule has 0 amide bonds. The van der Waals surface area contributed by atoms with Crippen LogP contribution in [0.5, 0.6) is 0 Å². The SMILES string of the molecule is CC.Cc1ccc(C)c(C2(c3ccc([Si](C)(C)C)cc3)c3cc(N(c4ccccc4)c4ccc(C(C)(C)C)cc4)c4c(oc5ccccc54)c3-c3c2cc(N(c2ccccc2)c2ccc(C(C)(C)C)cc2)c2oc4ccccc4c32)c1.[2H]C.[2H][2H].[2H][2H]. The first-order valence-electron chi connectivity index (χ1n) is 32.0. The fourth-order valence-electron chi connectivity index (χ4n) is 12.7. The Bertz CT molecular complexity index is 4330. The van der Waals surface area contributed by atoms with Crippen molar-refractivity contribution < 1.29 is 16.1 Å². The molecule has 5 heteroatoms. The minimum atomic E-state index is -1.75. The summed E-state index contributed by atoms with van der Waals surface area (Å²) in [5.41, 5.74) is 20.6. The standard InChI is InChI=1S/C74H68N2O2Si.C2H6.CH4.2H2/c1-47-30-31-48(2)59(44-47)74(51-36-42-56(43-37-51)79(9,10)11)60-46-63(76(53-24-16-13-17-25-53)55-40-34-50(35-41-55)73(6,7)8)70-67(58-27-19-21-29-65(58)77-70)68(60)69-61(74)45-62(66-57-26-18-20-28-64(57)78-71(66)69)75(52-22-14-12-15-23-52)54-38-32-49(33-39-54)72(3,4)5;1-2;;;/h12-46H,1-11H3;1-2H3;1H4;2*1H/i;;1D;2*1+1D. The minimum absolute atomic E-state index is 0.0206. The number of para-hydroxylation sites is 4. The van der Waals surface area contributed by atoms with Gasteiger partial charge in [0.15, 0.2) is 5.58 Å². The summed E-state index contributed by atoms with van der Waals surface area (Å²) in [5.74, 6) is 0. The summed E-state index contributed by atoms with van der Waals surface area (Å²) >= 11 is 0. The number of furan rings is 2. The highest BCUT2D eigenvalue weighted by atomic mass is 28.3. The number of hydrogen-bond donors (Lipinski definition) is 0. The van der Waals surface area contributed by atoms with E-state index in [0.717, 1.165) is 94.7 Å². The number of fused-ring (bicyclic) bond motifs is 11. The van der Waals surface area contributed by atoms with E-state index in [1.54, 1.807) is 0 Å². The van der Waals surface area contributed by atoms with Gasteiger partial charge in [-0.25, -0.2) is 0 Å². The van der Waals surface area contributed by atoms with Crippen LogP contribution in [0.25, 0.3) is 55.0 Å². The first-order valence-corrected chi connectivity index (χ1v) is 32.5. The van der Waals surface area contributed by atoms with E-state index in [9.17, 15) is 0 Å². The smallest absolute Gasteiger partial charge is 0.160 e. The highest BCUT2D eigenvalue weighted by molar-refractivity contribution is 6.88. The van der Waals surface area contributed by atoms with Gasteiger partial charge in [0.25, 0.3) is 0 Å². The van der Waals surface area contributed by atoms with Crippen LogP contribution in [0.15, 0.2) is 221 Å². The average Bonchev–Trinajstić information content (AvgIpc) is 1.51. The molecule has 10 aromatic carbocycles. The Labute approximate surface area is 495 Å². The Balaban J connectivity index is 0.00000109. The maximum absolute atomic E-state index is 7.59. The number of hydrogen-bond acceptors (Lipinski definition) is 4. The van der Waals surface area contributed by atoms with Crippen LogP contribution in [0.4, 0.5) is 34.1 Å². The normalized spacial score (nSPS) is 14.4. The molecule has 0 saturated carbocycles. The maximum Gasteiger partial charge on any atom is 0.160 e. The summed E-state index contributed by atoms with van der Waals surface area (Å²) in [7, 11) is -0.496. The third-order valence-corrected chi connectivity index (χ3v) is 18.9. The van der Waals surface area contributed by atoms with Gasteiger partial charge in [-0.2, -0.15) is 0 Å². The minimum Gasteiger partial charge on any atom is -0.455 e. The number of aryl methyl sites for hydroxylation is 2. The molecule has 1 atom stereocenters. The molecule has 0 radical (unpaired) electrons.